The van der Waals surface area contributed by atoms with Gasteiger partial charge in [0, 0.05) is 30.1 Å². The fraction of sp³-hybridized carbons (Fsp3) is 0.400. The normalized spacial score (nSPS) is 21.0. The Bertz CT molecular complexity index is 758. The summed E-state index contributed by atoms with van der Waals surface area (Å²) in [5, 5.41) is 4.96. The lowest BCUT2D eigenvalue weighted by Gasteiger charge is -2.28. The summed E-state index contributed by atoms with van der Waals surface area (Å²) in [6, 6.07) is 11.4. The van der Waals surface area contributed by atoms with Gasteiger partial charge in [0.25, 0.3) is 0 Å². The van der Waals surface area contributed by atoms with E-state index < -0.39 is 5.92 Å². The molecule has 6 heteroatoms. The zero-order valence-electron chi connectivity index (χ0n) is 15.3. The summed E-state index contributed by atoms with van der Waals surface area (Å²) in [4.78, 5) is 28.5. The highest BCUT2D eigenvalue weighted by Gasteiger charge is 2.45. The molecule has 1 aliphatic rings. The van der Waals surface area contributed by atoms with E-state index in [0.717, 1.165) is 16.1 Å². The van der Waals surface area contributed by atoms with Crippen LogP contribution in [0, 0.1) is 12.8 Å². The van der Waals surface area contributed by atoms with Gasteiger partial charge in [0.15, 0.2) is 0 Å². The largest absolute Gasteiger partial charge is 0.383 e. The number of amides is 2. The number of carbonyl (C=O) groups excluding carboxylic acids is 2. The van der Waals surface area contributed by atoms with Gasteiger partial charge in [-0.15, -0.1) is 11.3 Å². The highest BCUT2D eigenvalue weighted by atomic mass is 32.1. The molecule has 1 N–H and O–H groups in total. The lowest BCUT2D eigenvalue weighted by atomic mass is 9.97. The zero-order valence-corrected chi connectivity index (χ0v) is 16.1. The number of nitrogens with one attached hydrogen (secondary N) is 1. The van der Waals surface area contributed by atoms with Crippen LogP contribution >= 0.6 is 11.3 Å². The first-order valence-corrected chi connectivity index (χ1v) is 9.60. The minimum atomic E-state index is -0.415. The third kappa shape index (κ3) is 3.81. The lowest BCUT2D eigenvalue weighted by Crippen LogP contribution is -2.41. The Balaban J connectivity index is 1.91. The quantitative estimate of drug-likeness (QED) is 0.846. The number of methoxy groups -OCH3 is 1. The number of carbonyl (C=O) groups is 2. The van der Waals surface area contributed by atoms with E-state index in [2.05, 4.69) is 5.32 Å². The Labute approximate surface area is 158 Å². The van der Waals surface area contributed by atoms with Crippen molar-refractivity contribution in [3.05, 3.63) is 52.2 Å². The van der Waals surface area contributed by atoms with Crippen LogP contribution in [0.5, 0.6) is 0 Å². The zero-order chi connectivity index (χ0) is 18.7. The van der Waals surface area contributed by atoms with Crippen LogP contribution in [0.4, 0.5) is 5.69 Å². The van der Waals surface area contributed by atoms with Crippen LogP contribution in [0.25, 0.3) is 0 Å². The fourth-order valence-electron chi connectivity index (χ4n) is 3.41. The molecule has 138 valence electrons. The van der Waals surface area contributed by atoms with Crippen LogP contribution in [0.15, 0.2) is 41.8 Å². The van der Waals surface area contributed by atoms with Gasteiger partial charge < -0.3 is 15.0 Å². The summed E-state index contributed by atoms with van der Waals surface area (Å²) in [6.07, 6.45) is 0.210. The highest BCUT2D eigenvalue weighted by molar-refractivity contribution is 7.10. The molecule has 3 atom stereocenters. The van der Waals surface area contributed by atoms with Gasteiger partial charge in [0.2, 0.25) is 11.8 Å². The molecule has 1 aromatic heterocycles. The molecule has 0 bridgehead atoms. The van der Waals surface area contributed by atoms with E-state index in [1.165, 1.54) is 0 Å². The summed E-state index contributed by atoms with van der Waals surface area (Å²) in [7, 11) is 1.61. The summed E-state index contributed by atoms with van der Waals surface area (Å²) in [5.41, 5.74) is 1.97. The van der Waals surface area contributed by atoms with E-state index in [4.69, 9.17) is 4.74 Å². The van der Waals surface area contributed by atoms with Gasteiger partial charge in [-0.2, -0.15) is 0 Å². The van der Waals surface area contributed by atoms with Crippen molar-refractivity contribution in [1.82, 2.24) is 5.32 Å². The Morgan fingerprint density at radius 1 is 1.35 bits per heavy atom. The molecule has 5 nitrogen and oxygen atoms in total. The van der Waals surface area contributed by atoms with E-state index in [-0.39, 0.29) is 30.3 Å². The molecule has 1 aromatic carbocycles. The highest BCUT2D eigenvalue weighted by Crippen LogP contribution is 2.43. The molecule has 1 aliphatic heterocycles. The predicted molar refractivity (Wildman–Crippen MR) is 103 cm³/mol. The molecule has 0 spiro atoms. The van der Waals surface area contributed by atoms with Gasteiger partial charge in [-0.05, 0) is 37.4 Å². The van der Waals surface area contributed by atoms with Gasteiger partial charge in [-0.3, -0.25) is 9.59 Å². The maximum atomic E-state index is 12.9. The molecule has 1 fully saturated rings. The average molecular weight is 372 g/mol. The predicted octanol–water partition coefficient (Wildman–Crippen LogP) is 3.30. The van der Waals surface area contributed by atoms with Crippen LogP contribution in [0.3, 0.4) is 0 Å². The monoisotopic (exact) mass is 372 g/mol. The number of aryl methyl sites for hydroxylation is 1. The topological polar surface area (TPSA) is 58.6 Å². The Kier molecular flexibility index (Phi) is 5.74. The van der Waals surface area contributed by atoms with E-state index in [0.29, 0.717) is 6.61 Å². The number of anilines is 1. The third-order valence-electron chi connectivity index (χ3n) is 4.61. The maximum Gasteiger partial charge on any atom is 0.228 e. The molecule has 2 aromatic rings. The molecule has 3 rings (SSSR count). The summed E-state index contributed by atoms with van der Waals surface area (Å²) in [5.74, 6) is -0.538. The van der Waals surface area contributed by atoms with Crippen LogP contribution in [-0.2, 0) is 14.3 Å². The maximum absolute atomic E-state index is 12.9. The second-order valence-electron chi connectivity index (χ2n) is 6.74. The average Bonchev–Trinajstić information content (AvgIpc) is 3.23. The van der Waals surface area contributed by atoms with E-state index >= 15 is 0 Å². The summed E-state index contributed by atoms with van der Waals surface area (Å²) >= 11 is 1.58. The first-order valence-electron chi connectivity index (χ1n) is 8.72. The van der Waals surface area contributed by atoms with Crippen LogP contribution in [0.2, 0.25) is 0 Å². The second kappa shape index (κ2) is 8.01. The van der Waals surface area contributed by atoms with Crippen molar-refractivity contribution in [3.8, 4) is 0 Å². The van der Waals surface area contributed by atoms with Gasteiger partial charge >= 0.3 is 0 Å². The molecule has 2 amide bonds. The van der Waals surface area contributed by atoms with Gasteiger partial charge in [-0.1, -0.05) is 23.8 Å². The van der Waals surface area contributed by atoms with Gasteiger partial charge in [-0.25, -0.2) is 0 Å². The van der Waals surface area contributed by atoms with Crippen LogP contribution in [-0.4, -0.2) is 31.6 Å². The van der Waals surface area contributed by atoms with Crippen LogP contribution in [0.1, 0.15) is 29.8 Å². The van der Waals surface area contributed by atoms with Crippen molar-refractivity contribution in [2.45, 2.75) is 32.4 Å². The second-order valence-corrected chi connectivity index (χ2v) is 7.71. The van der Waals surface area contributed by atoms with E-state index in [1.807, 2.05) is 55.6 Å². The van der Waals surface area contributed by atoms with E-state index in [1.54, 1.807) is 23.3 Å². The van der Waals surface area contributed by atoms with Crippen molar-refractivity contribution < 1.29 is 14.3 Å². The van der Waals surface area contributed by atoms with E-state index in [9.17, 15) is 9.59 Å². The number of rotatable bonds is 6. The first-order chi connectivity index (χ1) is 12.5. The Hall–Kier alpha value is -2.18. The summed E-state index contributed by atoms with van der Waals surface area (Å²) in [6.45, 7) is 4.35. The Morgan fingerprint density at radius 3 is 2.69 bits per heavy atom. The number of ether oxygens (including phenoxy) is 1. The summed E-state index contributed by atoms with van der Waals surface area (Å²) < 4.78 is 5.10. The molecular formula is C20H24N2O3S. The van der Waals surface area contributed by atoms with Crippen molar-refractivity contribution in [3.63, 3.8) is 0 Å². The number of hydrogen-bond acceptors (Lipinski definition) is 4. The minimum absolute atomic E-state index is 0.0215. The molecule has 26 heavy (non-hydrogen) atoms. The fourth-order valence-corrected chi connectivity index (χ4v) is 4.29. The van der Waals surface area contributed by atoms with Gasteiger partial charge in [0.1, 0.15) is 0 Å². The number of thiophene rings is 1. The molecule has 0 saturated carbocycles. The molecular weight excluding hydrogens is 348 g/mol. The molecule has 1 saturated heterocycles. The minimum Gasteiger partial charge on any atom is -0.383 e. The lowest BCUT2D eigenvalue weighted by molar-refractivity contribution is -0.127. The SMILES string of the molecule is COC[C@H](C)NC(=O)[C@H]1CC(=O)N(c2ccc(C)cc2)[C@@H]1c1cccs1. The number of nitrogens with zero attached hydrogens (tertiary/aromatic N) is 1. The first kappa shape index (κ1) is 18.6. The standard InChI is InChI=1S/C20H24N2O3S/c1-13-6-8-15(9-7-13)22-18(23)11-16(19(22)17-5-4-10-26-17)20(24)21-14(2)12-25-3/h4-10,14,16,19H,11-12H2,1-3H3,(H,21,24)/t14-,16-,19-/m0/s1. The molecule has 2 heterocycles. The smallest absolute Gasteiger partial charge is 0.228 e. The molecule has 0 aliphatic carbocycles. The molecule has 0 radical (unpaired) electrons. The van der Waals surface area contributed by atoms with Crippen molar-refractivity contribution in [1.29, 1.82) is 0 Å². The number of benzene rings is 1. The third-order valence-corrected chi connectivity index (χ3v) is 5.55. The van der Waals surface area contributed by atoms with Crippen molar-refractivity contribution >= 4 is 28.8 Å². The Morgan fingerprint density at radius 2 is 2.08 bits per heavy atom. The van der Waals surface area contributed by atoms with Crippen LogP contribution < -0.4 is 10.2 Å². The van der Waals surface area contributed by atoms with Gasteiger partial charge in [0.05, 0.1) is 18.6 Å². The number of hydrogen-bond donors (Lipinski definition) is 1. The van der Waals surface area contributed by atoms with Crippen molar-refractivity contribution in [2.24, 2.45) is 5.92 Å². The van der Waals surface area contributed by atoms with Crippen molar-refractivity contribution in [2.75, 3.05) is 18.6 Å². The molecule has 0 unspecified atom stereocenters.